The average molecular weight is 384 g/mol. The lowest BCUT2D eigenvalue weighted by atomic mass is 10.1. The highest BCUT2D eigenvalue weighted by Gasteiger charge is 2.43. The molecule has 2 aliphatic heterocycles. The number of carboxylic acids is 1. The normalized spacial score (nSPS) is 21.7. The van der Waals surface area contributed by atoms with Gasteiger partial charge in [0.05, 0.1) is 30.3 Å². The van der Waals surface area contributed by atoms with Crippen molar-refractivity contribution in [3.63, 3.8) is 0 Å². The van der Waals surface area contributed by atoms with Crippen LogP contribution in [0.2, 0.25) is 0 Å². The molecule has 2 N–H and O–H groups in total. The van der Waals surface area contributed by atoms with Gasteiger partial charge in [-0.3, -0.25) is 19.4 Å². The number of hydrogen-bond donors (Lipinski definition) is 2. The SMILES string of the molecule is Cl.O=C(O)c1ccc(N2C(=O)CC(N3CCN(CCO)CC3)C2=O)cc1. The Balaban J connectivity index is 0.00000243. The molecular formula is C17H22ClN3O5. The van der Waals surface area contributed by atoms with Gasteiger partial charge in [0.15, 0.2) is 0 Å². The lowest BCUT2D eigenvalue weighted by Crippen LogP contribution is -2.52. The number of carbonyl (C=O) groups excluding carboxylic acids is 2. The zero-order chi connectivity index (χ0) is 18.0. The van der Waals surface area contributed by atoms with E-state index in [4.69, 9.17) is 10.2 Å². The lowest BCUT2D eigenvalue weighted by molar-refractivity contribution is -0.123. The van der Waals surface area contributed by atoms with Gasteiger partial charge in [-0.2, -0.15) is 0 Å². The first-order valence-electron chi connectivity index (χ1n) is 8.28. The summed E-state index contributed by atoms with van der Waals surface area (Å²) in [6, 6.07) is 5.28. The van der Waals surface area contributed by atoms with Crippen molar-refractivity contribution in [1.82, 2.24) is 9.80 Å². The van der Waals surface area contributed by atoms with Crippen molar-refractivity contribution in [2.45, 2.75) is 12.5 Å². The summed E-state index contributed by atoms with van der Waals surface area (Å²) in [5, 5.41) is 17.9. The van der Waals surface area contributed by atoms with Crippen LogP contribution in [0.1, 0.15) is 16.8 Å². The van der Waals surface area contributed by atoms with E-state index >= 15 is 0 Å². The summed E-state index contributed by atoms with van der Waals surface area (Å²) < 4.78 is 0. The molecular weight excluding hydrogens is 362 g/mol. The fourth-order valence-corrected chi connectivity index (χ4v) is 3.37. The van der Waals surface area contributed by atoms with E-state index in [1.807, 2.05) is 4.90 Å². The second-order valence-electron chi connectivity index (χ2n) is 6.24. The van der Waals surface area contributed by atoms with Crippen molar-refractivity contribution >= 4 is 35.9 Å². The van der Waals surface area contributed by atoms with Crippen molar-refractivity contribution in [3.05, 3.63) is 29.8 Å². The molecule has 2 heterocycles. The zero-order valence-corrected chi connectivity index (χ0v) is 15.0. The van der Waals surface area contributed by atoms with Crippen LogP contribution in [0.3, 0.4) is 0 Å². The fraction of sp³-hybridized carbons (Fsp3) is 0.471. The van der Waals surface area contributed by atoms with Gasteiger partial charge in [0.2, 0.25) is 5.91 Å². The topological polar surface area (TPSA) is 101 Å². The maximum atomic E-state index is 12.7. The average Bonchev–Trinajstić information content (AvgIpc) is 2.90. The minimum Gasteiger partial charge on any atom is -0.478 e. The Bertz CT molecular complexity index is 673. The van der Waals surface area contributed by atoms with Crippen molar-refractivity contribution in [2.75, 3.05) is 44.2 Å². The molecule has 1 atom stereocenters. The molecule has 0 aliphatic carbocycles. The van der Waals surface area contributed by atoms with Crippen LogP contribution in [-0.4, -0.2) is 83.2 Å². The Kier molecular flexibility index (Phi) is 6.71. The molecule has 1 aromatic rings. The summed E-state index contributed by atoms with van der Waals surface area (Å²) in [5.74, 6) is -1.58. The van der Waals surface area contributed by atoms with Crippen LogP contribution in [0.15, 0.2) is 24.3 Å². The van der Waals surface area contributed by atoms with Gasteiger partial charge in [0.25, 0.3) is 5.91 Å². The number of imide groups is 1. The van der Waals surface area contributed by atoms with Crippen LogP contribution < -0.4 is 4.90 Å². The van der Waals surface area contributed by atoms with Gasteiger partial charge in [-0.15, -0.1) is 12.4 Å². The number of amides is 2. The third-order valence-electron chi connectivity index (χ3n) is 4.76. The number of aliphatic hydroxyl groups excluding tert-OH is 1. The highest BCUT2D eigenvalue weighted by molar-refractivity contribution is 6.22. The van der Waals surface area contributed by atoms with Crippen molar-refractivity contribution in [3.8, 4) is 0 Å². The molecule has 2 saturated heterocycles. The smallest absolute Gasteiger partial charge is 0.335 e. The Morgan fingerprint density at radius 3 is 2.23 bits per heavy atom. The van der Waals surface area contributed by atoms with E-state index in [1.165, 1.54) is 24.3 Å². The fourth-order valence-electron chi connectivity index (χ4n) is 3.37. The molecule has 3 rings (SSSR count). The van der Waals surface area contributed by atoms with Gasteiger partial charge in [0, 0.05) is 32.7 Å². The summed E-state index contributed by atoms with van der Waals surface area (Å²) in [6.45, 7) is 3.59. The number of hydrogen-bond acceptors (Lipinski definition) is 6. The number of carboxylic acid groups (broad SMARTS) is 1. The largest absolute Gasteiger partial charge is 0.478 e. The van der Waals surface area contributed by atoms with Crippen LogP contribution in [0, 0.1) is 0 Å². The molecule has 142 valence electrons. The first-order chi connectivity index (χ1) is 12.0. The molecule has 2 amide bonds. The monoisotopic (exact) mass is 383 g/mol. The summed E-state index contributed by atoms with van der Waals surface area (Å²) in [5.41, 5.74) is 0.515. The minimum absolute atomic E-state index is 0. The molecule has 1 aromatic carbocycles. The number of nitrogens with zero attached hydrogens (tertiary/aromatic N) is 3. The minimum atomic E-state index is -1.05. The van der Waals surface area contributed by atoms with Crippen LogP contribution in [0.4, 0.5) is 5.69 Å². The number of piperazine rings is 1. The van der Waals surface area contributed by atoms with E-state index in [0.29, 0.717) is 25.3 Å². The number of anilines is 1. The van der Waals surface area contributed by atoms with E-state index in [0.717, 1.165) is 18.0 Å². The molecule has 0 saturated carbocycles. The molecule has 1 unspecified atom stereocenters. The van der Waals surface area contributed by atoms with E-state index < -0.39 is 12.0 Å². The number of rotatable bonds is 5. The zero-order valence-electron chi connectivity index (χ0n) is 14.2. The molecule has 26 heavy (non-hydrogen) atoms. The van der Waals surface area contributed by atoms with Crippen LogP contribution >= 0.6 is 12.4 Å². The van der Waals surface area contributed by atoms with Gasteiger partial charge in [-0.25, -0.2) is 9.69 Å². The number of aliphatic hydroxyl groups is 1. The summed E-state index contributed by atoms with van der Waals surface area (Å²) in [7, 11) is 0. The first kappa shape index (κ1) is 20.3. The molecule has 8 nitrogen and oxygen atoms in total. The van der Waals surface area contributed by atoms with Gasteiger partial charge >= 0.3 is 5.97 Å². The Labute approximate surface area is 157 Å². The Hall–Kier alpha value is -2.00. The highest BCUT2D eigenvalue weighted by Crippen LogP contribution is 2.26. The maximum Gasteiger partial charge on any atom is 0.335 e. The van der Waals surface area contributed by atoms with Crippen LogP contribution in [0.5, 0.6) is 0 Å². The van der Waals surface area contributed by atoms with E-state index in [9.17, 15) is 14.4 Å². The molecule has 2 fully saturated rings. The Morgan fingerprint density at radius 1 is 1.08 bits per heavy atom. The van der Waals surface area contributed by atoms with Gasteiger partial charge in [-0.05, 0) is 24.3 Å². The van der Waals surface area contributed by atoms with Crippen LogP contribution in [-0.2, 0) is 9.59 Å². The van der Waals surface area contributed by atoms with Crippen molar-refractivity contribution < 1.29 is 24.6 Å². The quantitative estimate of drug-likeness (QED) is 0.692. The molecule has 0 bridgehead atoms. The van der Waals surface area contributed by atoms with E-state index in [1.54, 1.807) is 0 Å². The van der Waals surface area contributed by atoms with E-state index in [-0.39, 0.29) is 42.8 Å². The number of carbonyl (C=O) groups is 3. The standard InChI is InChI=1S/C17H21N3O5.ClH/c21-10-9-18-5-7-19(8-6-18)14-11-15(22)20(16(14)23)13-3-1-12(2-4-13)17(24)25;/h1-4,14,21H,5-11H2,(H,24,25);1H. The molecule has 0 spiro atoms. The molecule has 0 radical (unpaired) electrons. The van der Waals surface area contributed by atoms with E-state index in [2.05, 4.69) is 4.90 Å². The lowest BCUT2D eigenvalue weighted by Gasteiger charge is -2.36. The van der Waals surface area contributed by atoms with Crippen LogP contribution in [0.25, 0.3) is 0 Å². The van der Waals surface area contributed by atoms with Crippen molar-refractivity contribution in [1.29, 1.82) is 0 Å². The predicted octanol–water partition coefficient (Wildman–Crippen LogP) is 0.0484. The summed E-state index contributed by atoms with van der Waals surface area (Å²) in [6.07, 6.45) is 0.138. The van der Waals surface area contributed by atoms with Gasteiger partial charge < -0.3 is 10.2 Å². The maximum absolute atomic E-state index is 12.7. The van der Waals surface area contributed by atoms with Gasteiger partial charge in [-0.1, -0.05) is 0 Å². The second-order valence-corrected chi connectivity index (χ2v) is 6.24. The second kappa shape index (κ2) is 8.59. The molecule has 9 heteroatoms. The van der Waals surface area contributed by atoms with Crippen molar-refractivity contribution in [2.24, 2.45) is 0 Å². The number of β-amino-alcohol motifs (C(OH)–C–C–N with tert-alkyl or cyclic N) is 1. The first-order valence-corrected chi connectivity index (χ1v) is 8.28. The summed E-state index contributed by atoms with van der Waals surface area (Å²) >= 11 is 0. The number of halogens is 1. The molecule has 0 aromatic heterocycles. The third-order valence-corrected chi connectivity index (χ3v) is 4.76. The predicted molar refractivity (Wildman–Crippen MR) is 96.6 cm³/mol. The number of benzene rings is 1. The highest BCUT2D eigenvalue weighted by atomic mass is 35.5. The Morgan fingerprint density at radius 2 is 1.69 bits per heavy atom. The molecule has 2 aliphatic rings. The third kappa shape index (κ3) is 4.04. The summed E-state index contributed by atoms with van der Waals surface area (Å²) in [4.78, 5) is 41.3. The van der Waals surface area contributed by atoms with Gasteiger partial charge in [0.1, 0.15) is 0 Å². The number of aromatic carboxylic acids is 1.